The molecule has 0 radical (unpaired) electrons. The first-order chi connectivity index (χ1) is 5.96. The Balaban J connectivity index is 2.82. The average molecular weight is 211 g/mol. The zero-order chi connectivity index (χ0) is 10.1. The lowest BCUT2D eigenvalue weighted by molar-refractivity contribution is -0.144. The molecule has 1 N–H and O–H groups in total. The molecule has 0 aromatic rings. The van der Waals surface area contributed by atoms with Crippen LogP contribution in [-0.2, 0) is 19.8 Å². The van der Waals surface area contributed by atoms with Gasteiger partial charge in [0.2, 0.25) is 0 Å². The number of nitrogens with one attached hydrogen (secondary N) is 1. The van der Waals surface area contributed by atoms with Crippen molar-refractivity contribution < 1.29 is 21.8 Å². The topological polar surface area (TPSA) is 72.5 Å². The minimum absolute atomic E-state index is 0.0431. The fraction of sp³-hybridized carbons (Fsp3) is 0.833. The molecule has 1 aliphatic heterocycles. The van der Waals surface area contributed by atoms with Crippen LogP contribution in [0.15, 0.2) is 0 Å². The Hall–Kier alpha value is -0.690. The van der Waals surface area contributed by atoms with Crippen LogP contribution < -0.4 is 5.32 Å². The Kier molecular flexibility index (Phi) is 2.87. The summed E-state index contributed by atoms with van der Waals surface area (Å²) in [5, 5.41) is 1.32. The summed E-state index contributed by atoms with van der Waals surface area (Å²) in [4.78, 5) is 11.0. The lowest BCUT2D eigenvalue weighted by Crippen LogP contribution is -2.32. The van der Waals surface area contributed by atoms with Crippen LogP contribution in [-0.4, -0.2) is 39.8 Å². The number of rotatable bonds is 2. The summed E-state index contributed by atoms with van der Waals surface area (Å²) in [6, 6.07) is 0. The standard InChI is InChI=1S/C6H10FNO4S/c1-12-6(9)4-2-8-3-5(4)13(7,10)11/h4-5,8H,2-3H2,1H3/t4-,5-/m1/s1. The first-order valence-corrected chi connectivity index (χ1v) is 5.13. The third-order valence-corrected chi connectivity index (χ3v) is 3.24. The zero-order valence-electron chi connectivity index (χ0n) is 6.99. The van der Waals surface area contributed by atoms with Gasteiger partial charge in [0, 0.05) is 13.1 Å². The second-order valence-corrected chi connectivity index (χ2v) is 4.36. The molecule has 1 rings (SSSR count). The van der Waals surface area contributed by atoms with Crippen molar-refractivity contribution >= 4 is 16.2 Å². The van der Waals surface area contributed by atoms with E-state index in [1.807, 2.05) is 0 Å². The normalized spacial score (nSPS) is 28.8. The van der Waals surface area contributed by atoms with Gasteiger partial charge in [0.25, 0.3) is 0 Å². The Morgan fingerprint density at radius 3 is 2.62 bits per heavy atom. The second-order valence-electron chi connectivity index (χ2n) is 2.80. The molecule has 0 unspecified atom stereocenters. The van der Waals surface area contributed by atoms with Crippen molar-refractivity contribution in [3.05, 3.63) is 0 Å². The van der Waals surface area contributed by atoms with Crippen molar-refractivity contribution in [2.75, 3.05) is 20.2 Å². The van der Waals surface area contributed by atoms with E-state index in [0.717, 1.165) is 7.11 Å². The van der Waals surface area contributed by atoms with Crippen LogP contribution in [0.25, 0.3) is 0 Å². The summed E-state index contributed by atoms with van der Waals surface area (Å²) in [5.74, 6) is -1.63. The van der Waals surface area contributed by atoms with E-state index < -0.39 is 27.4 Å². The highest BCUT2D eigenvalue weighted by Gasteiger charge is 2.42. The minimum Gasteiger partial charge on any atom is -0.469 e. The van der Waals surface area contributed by atoms with Crippen molar-refractivity contribution in [1.82, 2.24) is 5.32 Å². The predicted octanol–water partition coefficient (Wildman–Crippen LogP) is -0.953. The molecule has 13 heavy (non-hydrogen) atoms. The van der Waals surface area contributed by atoms with Gasteiger partial charge >= 0.3 is 16.2 Å². The van der Waals surface area contributed by atoms with E-state index in [0.29, 0.717) is 0 Å². The lowest BCUT2D eigenvalue weighted by atomic mass is 10.1. The summed E-state index contributed by atoms with van der Waals surface area (Å²) in [6.45, 7) is 0.0963. The van der Waals surface area contributed by atoms with Gasteiger partial charge in [-0.2, -0.15) is 8.42 Å². The van der Waals surface area contributed by atoms with Gasteiger partial charge in [-0.25, -0.2) is 0 Å². The monoisotopic (exact) mass is 211 g/mol. The zero-order valence-corrected chi connectivity index (χ0v) is 7.80. The van der Waals surface area contributed by atoms with Gasteiger partial charge in [-0.05, 0) is 0 Å². The smallest absolute Gasteiger partial charge is 0.311 e. The molecule has 0 amide bonds. The molecule has 2 atom stereocenters. The maximum atomic E-state index is 12.6. The first kappa shape index (κ1) is 10.4. The van der Waals surface area contributed by atoms with Crippen LogP contribution in [0.5, 0.6) is 0 Å². The van der Waals surface area contributed by atoms with Gasteiger partial charge in [-0.1, -0.05) is 0 Å². The van der Waals surface area contributed by atoms with Crippen molar-refractivity contribution in [2.45, 2.75) is 5.25 Å². The Morgan fingerprint density at radius 2 is 2.15 bits per heavy atom. The number of esters is 1. The van der Waals surface area contributed by atoms with Gasteiger partial charge in [-0.3, -0.25) is 4.79 Å². The summed E-state index contributed by atoms with van der Waals surface area (Å²) < 4.78 is 38.0. The molecule has 0 aromatic carbocycles. The number of hydrogen-bond acceptors (Lipinski definition) is 5. The van der Waals surface area contributed by atoms with Gasteiger partial charge in [-0.15, -0.1) is 3.89 Å². The Morgan fingerprint density at radius 1 is 1.54 bits per heavy atom. The van der Waals surface area contributed by atoms with Crippen molar-refractivity contribution in [1.29, 1.82) is 0 Å². The predicted molar refractivity (Wildman–Crippen MR) is 42.2 cm³/mol. The van der Waals surface area contributed by atoms with Crippen molar-refractivity contribution in [3.8, 4) is 0 Å². The average Bonchev–Trinajstić information content (AvgIpc) is 2.49. The van der Waals surface area contributed by atoms with E-state index >= 15 is 0 Å². The van der Waals surface area contributed by atoms with E-state index in [4.69, 9.17) is 0 Å². The van der Waals surface area contributed by atoms with Gasteiger partial charge < -0.3 is 10.1 Å². The van der Waals surface area contributed by atoms with Crippen LogP contribution >= 0.6 is 0 Å². The van der Waals surface area contributed by atoms with E-state index in [9.17, 15) is 17.1 Å². The molecule has 0 bridgehead atoms. The molecule has 0 aliphatic carbocycles. The molecule has 0 aromatic heterocycles. The van der Waals surface area contributed by atoms with Gasteiger partial charge in [0.05, 0.1) is 13.0 Å². The summed E-state index contributed by atoms with van der Waals surface area (Å²) >= 11 is 0. The lowest BCUT2D eigenvalue weighted by Gasteiger charge is -2.11. The fourth-order valence-corrected chi connectivity index (χ4v) is 2.25. The molecule has 1 aliphatic rings. The van der Waals surface area contributed by atoms with Gasteiger partial charge in [0.15, 0.2) is 0 Å². The summed E-state index contributed by atoms with van der Waals surface area (Å²) in [6.07, 6.45) is 0. The largest absolute Gasteiger partial charge is 0.469 e. The van der Waals surface area contributed by atoms with Gasteiger partial charge in [0.1, 0.15) is 5.25 Å². The highest BCUT2D eigenvalue weighted by Crippen LogP contribution is 2.19. The number of hydrogen-bond donors (Lipinski definition) is 1. The Bertz CT molecular complexity index is 302. The van der Waals surface area contributed by atoms with Crippen LogP contribution in [0, 0.1) is 5.92 Å². The summed E-state index contributed by atoms with van der Waals surface area (Å²) in [7, 11) is -3.53. The highest BCUT2D eigenvalue weighted by molar-refractivity contribution is 7.87. The van der Waals surface area contributed by atoms with E-state index in [2.05, 4.69) is 10.1 Å². The summed E-state index contributed by atoms with van der Waals surface area (Å²) in [5.41, 5.74) is 0. The number of ether oxygens (including phenoxy) is 1. The molecule has 7 heteroatoms. The maximum absolute atomic E-state index is 12.6. The molecular weight excluding hydrogens is 201 g/mol. The van der Waals surface area contributed by atoms with E-state index in [1.54, 1.807) is 0 Å². The molecule has 1 fully saturated rings. The van der Waals surface area contributed by atoms with E-state index in [-0.39, 0.29) is 13.1 Å². The third kappa shape index (κ3) is 2.16. The van der Waals surface area contributed by atoms with Crippen LogP contribution in [0.2, 0.25) is 0 Å². The number of halogens is 1. The second kappa shape index (κ2) is 3.59. The van der Waals surface area contributed by atoms with E-state index in [1.165, 1.54) is 0 Å². The molecule has 76 valence electrons. The molecule has 0 saturated carbocycles. The molecular formula is C6H10FNO4S. The molecule has 0 spiro atoms. The van der Waals surface area contributed by atoms with Crippen molar-refractivity contribution in [2.24, 2.45) is 5.92 Å². The first-order valence-electron chi connectivity index (χ1n) is 3.69. The van der Waals surface area contributed by atoms with Crippen LogP contribution in [0.3, 0.4) is 0 Å². The Labute approximate surface area is 75.5 Å². The molecule has 5 nitrogen and oxygen atoms in total. The number of carbonyl (C=O) groups excluding carboxylic acids is 1. The van der Waals surface area contributed by atoms with Crippen molar-refractivity contribution in [3.63, 3.8) is 0 Å². The SMILES string of the molecule is COC(=O)[C@@H]1CNC[C@H]1S(=O)(=O)F. The van der Waals surface area contributed by atoms with Crippen LogP contribution in [0.1, 0.15) is 0 Å². The van der Waals surface area contributed by atoms with Crippen LogP contribution in [0.4, 0.5) is 3.89 Å². The molecule has 1 heterocycles. The number of carbonyl (C=O) groups is 1. The maximum Gasteiger partial charge on any atom is 0.311 e. The minimum atomic E-state index is -4.67. The third-order valence-electron chi connectivity index (χ3n) is 2.02. The molecule has 1 saturated heterocycles. The quantitative estimate of drug-likeness (QED) is 0.471. The highest BCUT2D eigenvalue weighted by atomic mass is 32.3. The number of methoxy groups -OCH3 is 1. The fourth-order valence-electron chi connectivity index (χ4n) is 1.34.